The average molecular weight is 376 g/mol. The fourth-order valence-corrected chi connectivity index (χ4v) is 3.92. The quantitative estimate of drug-likeness (QED) is 0.501. The Morgan fingerprint density at radius 1 is 1.07 bits per heavy atom. The van der Waals surface area contributed by atoms with E-state index in [0.29, 0.717) is 27.3 Å². The summed E-state index contributed by atoms with van der Waals surface area (Å²) in [7, 11) is 0. The van der Waals surface area contributed by atoms with Crippen molar-refractivity contribution in [1.82, 2.24) is 9.97 Å². The van der Waals surface area contributed by atoms with Gasteiger partial charge in [-0.15, -0.1) is 0 Å². The van der Waals surface area contributed by atoms with Gasteiger partial charge in [0.2, 0.25) is 0 Å². The number of nitrogens with one attached hydrogen (secondary N) is 1. The summed E-state index contributed by atoms with van der Waals surface area (Å²) in [4.78, 5) is 35.1. The van der Waals surface area contributed by atoms with Crippen LogP contribution < -0.4 is 10.5 Å². The second kappa shape index (κ2) is 5.66. The van der Waals surface area contributed by atoms with Gasteiger partial charge >= 0.3 is 0 Å². The molecular weight excluding hydrogens is 362 g/mol. The molecule has 0 bridgehead atoms. The summed E-state index contributed by atoms with van der Waals surface area (Å²) in [5, 5.41) is 1.99. The van der Waals surface area contributed by atoms with E-state index in [0.717, 1.165) is 22.2 Å². The van der Waals surface area contributed by atoms with E-state index in [4.69, 9.17) is 11.6 Å². The number of carbonyl (C=O) groups excluding carboxylic acids is 1. The molecule has 5 rings (SSSR count). The van der Waals surface area contributed by atoms with Gasteiger partial charge in [0.15, 0.2) is 5.78 Å². The van der Waals surface area contributed by atoms with Gasteiger partial charge in [-0.2, -0.15) is 0 Å². The molecule has 1 N–H and O–H groups in total. The maximum atomic E-state index is 12.9. The Kier molecular flexibility index (Phi) is 3.36. The molecule has 4 aromatic rings. The van der Waals surface area contributed by atoms with E-state index >= 15 is 0 Å². The number of aryl methyl sites for hydroxylation is 1. The zero-order valence-electron chi connectivity index (χ0n) is 14.4. The summed E-state index contributed by atoms with van der Waals surface area (Å²) in [5.41, 5.74) is 3.08. The summed E-state index contributed by atoms with van der Waals surface area (Å²) < 4.78 is 0. The van der Waals surface area contributed by atoms with Gasteiger partial charge in [0.05, 0.1) is 28.5 Å². The third kappa shape index (κ3) is 2.28. The van der Waals surface area contributed by atoms with Gasteiger partial charge < -0.3 is 9.88 Å². The van der Waals surface area contributed by atoms with Gasteiger partial charge in [-0.1, -0.05) is 29.8 Å². The molecule has 0 unspecified atom stereocenters. The van der Waals surface area contributed by atoms with Crippen LogP contribution in [0, 0.1) is 6.92 Å². The predicted molar refractivity (Wildman–Crippen MR) is 107 cm³/mol. The fourth-order valence-electron chi connectivity index (χ4n) is 3.79. The molecule has 5 nitrogen and oxygen atoms in total. The summed E-state index contributed by atoms with van der Waals surface area (Å²) in [6.07, 6.45) is 0. The minimum Gasteiger partial charge on any atom is -0.319 e. The van der Waals surface area contributed by atoms with E-state index in [-0.39, 0.29) is 17.9 Å². The van der Waals surface area contributed by atoms with E-state index in [1.54, 1.807) is 17.0 Å². The van der Waals surface area contributed by atoms with E-state index in [1.807, 2.05) is 43.3 Å². The number of aromatic nitrogens is 2. The van der Waals surface area contributed by atoms with Gasteiger partial charge in [0, 0.05) is 16.1 Å². The summed E-state index contributed by atoms with van der Waals surface area (Å²) in [6, 6.07) is 14.8. The molecule has 0 saturated heterocycles. The molecule has 1 aliphatic heterocycles. The molecular formula is C21H14ClN3O2. The number of pyridine rings is 2. The lowest BCUT2D eigenvalue weighted by atomic mass is 10.0. The first kappa shape index (κ1) is 16.0. The van der Waals surface area contributed by atoms with Crippen LogP contribution in [0.1, 0.15) is 15.9 Å². The Labute approximate surface area is 159 Å². The van der Waals surface area contributed by atoms with Crippen molar-refractivity contribution in [2.24, 2.45) is 0 Å². The third-order valence-electron chi connectivity index (χ3n) is 5.07. The van der Waals surface area contributed by atoms with Gasteiger partial charge in [-0.05, 0) is 42.8 Å². The number of fused-ring (bicyclic) bond motifs is 4. The number of benzene rings is 2. The summed E-state index contributed by atoms with van der Waals surface area (Å²) >= 11 is 5.97. The number of halogens is 1. The molecule has 0 fully saturated rings. The monoisotopic (exact) mass is 375 g/mol. The number of hydrogen-bond donors (Lipinski definition) is 1. The summed E-state index contributed by atoms with van der Waals surface area (Å²) in [6.45, 7) is 2.05. The van der Waals surface area contributed by atoms with Crippen LogP contribution in [-0.4, -0.2) is 22.3 Å². The molecule has 0 amide bonds. The van der Waals surface area contributed by atoms with Gasteiger partial charge in [-0.3, -0.25) is 9.59 Å². The van der Waals surface area contributed by atoms with Gasteiger partial charge in [0.1, 0.15) is 5.82 Å². The van der Waals surface area contributed by atoms with E-state index in [9.17, 15) is 9.59 Å². The van der Waals surface area contributed by atoms with Gasteiger partial charge in [-0.25, -0.2) is 4.98 Å². The zero-order chi connectivity index (χ0) is 18.7. The van der Waals surface area contributed by atoms with Crippen molar-refractivity contribution < 1.29 is 4.79 Å². The molecule has 6 heteroatoms. The van der Waals surface area contributed by atoms with Crippen molar-refractivity contribution in [2.45, 2.75) is 6.92 Å². The maximum Gasteiger partial charge on any atom is 0.259 e. The maximum absolute atomic E-state index is 12.9. The number of anilines is 2. The van der Waals surface area contributed by atoms with Crippen LogP contribution in [0.15, 0.2) is 53.3 Å². The molecule has 0 saturated carbocycles. The first-order chi connectivity index (χ1) is 13.0. The van der Waals surface area contributed by atoms with Crippen LogP contribution >= 0.6 is 11.6 Å². The number of H-pyrrole nitrogens is 1. The molecule has 3 heterocycles. The van der Waals surface area contributed by atoms with E-state index < -0.39 is 0 Å². The SMILES string of the molecule is Cc1c2ccccc2nc2c3c([nH]c(=O)c12)N(c1ccc(Cl)cc1)CC3=O. The van der Waals surface area contributed by atoms with E-state index in [2.05, 4.69) is 9.97 Å². The first-order valence-electron chi connectivity index (χ1n) is 8.56. The van der Waals surface area contributed by atoms with Gasteiger partial charge in [0.25, 0.3) is 5.56 Å². The average Bonchev–Trinajstić information content (AvgIpc) is 2.99. The molecule has 0 radical (unpaired) electrons. The lowest BCUT2D eigenvalue weighted by molar-refractivity contribution is 0.101. The van der Waals surface area contributed by atoms with Crippen LogP contribution in [0.4, 0.5) is 11.5 Å². The highest BCUT2D eigenvalue weighted by Gasteiger charge is 2.32. The number of carbonyl (C=O) groups is 1. The molecule has 2 aromatic carbocycles. The molecule has 132 valence electrons. The smallest absolute Gasteiger partial charge is 0.259 e. The highest BCUT2D eigenvalue weighted by atomic mass is 35.5. The molecule has 0 aliphatic carbocycles. The Hall–Kier alpha value is -3.18. The molecule has 1 aliphatic rings. The fraction of sp³-hybridized carbons (Fsp3) is 0.0952. The first-order valence-corrected chi connectivity index (χ1v) is 8.94. The summed E-state index contributed by atoms with van der Waals surface area (Å²) in [5.74, 6) is 0.422. The number of aromatic amines is 1. The number of nitrogens with zero attached hydrogens (tertiary/aromatic N) is 2. The molecule has 27 heavy (non-hydrogen) atoms. The standard InChI is InChI=1S/C21H14ClN3O2/c1-11-14-4-2-3-5-15(14)23-19-17(11)21(27)24-20-18(19)16(26)10-25(20)13-8-6-12(22)7-9-13/h2-9H,10H2,1H3,(H,24,27). The van der Waals surface area contributed by atoms with Crippen molar-refractivity contribution in [3.63, 3.8) is 0 Å². The predicted octanol–water partition coefficient (Wildman–Crippen LogP) is 4.37. The highest BCUT2D eigenvalue weighted by Crippen LogP contribution is 2.37. The second-order valence-corrected chi connectivity index (χ2v) is 7.08. The van der Waals surface area contributed by atoms with Crippen molar-refractivity contribution in [1.29, 1.82) is 0 Å². The largest absolute Gasteiger partial charge is 0.319 e. The van der Waals surface area contributed by atoms with Crippen LogP contribution in [0.5, 0.6) is 0 Å². The van der Waals surface area contributed by atoms with Crippen LogP contribution in [0.3, 0.4) is 0 Å². The highest BCUT2D eigenvalue weighted by molar-refractivity contribution is 6.30. The van der Waals surface area contributed by atoms with Crippen LogP contribution in [0.2, 0.25) is 5.02 Å². The number of ketones is 1. The number of para-hydroxylation sites is 1. The van der Waals surface area contributed by atoms with E-state index in [1.165, 1.54) is 0 Å². The Morgan fingerprint density at radius 2 is 1.81 bits per heavy atom. The Morgan fingerprint density at radius 3 is 2.59 bits per heavy atom. The molecule has 2 aromatic heterocycles. The number of rotatable bonds is 1. The third-order valence-corrected chi connectivity index (χ3v) is 5.33. The van der Waals surface area contributed by atoms with Crippen molar-refractivity contribution in [3.8, 4) is 0 Å². The van der Waals surface area contributed by atoms with Crippen molar-refractivity contribution in [3.05, 3.63) is 75.0 Å². The minimum absolute atomic E-state index is 0.0663. The zero-order valence-corrected chi connectivity index (χ0v) is 15.2. The Bertz CT molecular complexity index is 1310. The van der Waals surface area contributed by atoms with Crippen molar-refractivity contribution >= 4 is 50.7 Å². The van der Waals surface area contributed by atoms with Crippen LogP contribution in [-0.2, 0) is 0 Å². The second-order valence-electron chi connectivity index (χ2n) is 6.64. The molecule has 0 atom stereocenters. The lowest BCUT2D eigenvalue weighted by Crippen LogP contribution is -2.19. The van der Waals surface area contributed by atoms with Crippen molar-refractivity contribution in [2.75, 3.05) is 11.4 Å². The molecule has 0 spiro atoms. The minimum atomic E-state index is -0.242. The van der Waals surface area contributed by atoms with Crippen LogP contribution in [0.25, 0.3) is 21.8 Å². The Balaban J connectivity index is 1.85. The lowest BCUT2D eigenvalue weighted by Gasteiger charge is -2.18. The topological polar surface area (TPSA) is 66.1 Å². The normalized spacial score (nSPS) is 13.6. The number of hydrogen-bond acceptors (Lipinski definition) is 4. The number of Topliss-reactive ketones (excluding diaryl/α,β-unsaturated/α-hetero) is 1.